The number of halogens is 1. The fraction of sp³-hybridized carbons (Fsp3) is 0.286. The van der Waals surface area contributed by atoms with Gasteiger partial charge in [-0.1, -0.05) is 42.8 Å². The van der Waals surface area contributed by atoms with E-state index < -0.39 is 0 Å². The predicted octanol–water partition coefficient (Wildman–Crippen LogP) is 5.50. The SMILES string of the molecule is CCc1ccc(-n2nc(-c3cccc(Cl)c3)c3c2NCCCC3)cc1. The second-order valence-corrected chi connectivity index (χ2v) is 6.94. The first-order valence-corrected chi connectivity index (χ1v) is 9.35. The van der Waals surface area contributed by atoms with Crippen LogP contribution in [0, 0.1) is 0 Å². The molecule has 0 atom stereocenters. The van der Waals surface area contributed by atoms with Crippen LogP contribution < -0.4 is 5.32 Å². The summed E-state index contributed by atoms with van der Waals surface area (Å²) in [5, 5.41) is 9.30. The van der Waals surface area contributed by atoms with Gasteiger partial charge < -0.3 is 5.32 Å². The van der Waals surface area contributed by atoms with Crippen LogP contribution in [0.5, 0.6) is 0 Å². The Bertz CT molecular complexity index is 881. The zero-order valence-corrected chi connectivity index (χ0v) is 15.2. The van der Waals surface area contributed by atoms with Crippen LogP contribution in [-0.2, 0) is 12.8 Å². The minimum absolute atomic E-state index is 0.745. The average molecular weight is 352 g/mol. The topological polar surface area (TPSA) is 29.9 Å². The molecule has 4 rings (SSSR count). The van der Waals surface area contributed by atoms with Crippen molar-refractivity contribution >= 4 is 17.4 Å². The van der Waals surface area contributed by atoms with Gasteiger partial charge in [0.15, 0.2) is 0 Å². The van der Waals surface area contributed by atoms with Gasteiger partial charge in [-0.15, -0.1) is 0 Å². The smallest absolute Gasteiger partial charge is 0.133 e. The van der Waals surface area contributed by atoms with Crippen molar-refractivity contribution in [2.45, 2.75) is 32.6 Å². The van der Waals surface area contributed by atoms with Crippen molar-refractivity contribution in [1.29, 1.82) is 0 Å². The molecule has 1 aliphatic heterocycles. The van der Waals surface area contributed by atoms with Crippen molar-refractivity contribution in [3.63, 3.8) is 0 Å². The summed E-state index contributed by atoms with van der Waals surface area (Å²) in [6.07, 6.45) is 4.44. The molecular weight excluding hydrogens is 330 g/mol. The van der Waals surface area contributed by atoms with E-state index >= 15 is 0 Å². The van der Waals surface area contributed by atoms with Gasteiger partial charge in [-0.05, 0) is 55.5 Å². The Morgan fingerprint density at radius 3 is 2.72 bits per heavy atom. The van der Waals surface area contributed by atoms with Gasteiger partial charge >= 0.3 is 0 Å². The van der Waals surface area contributed by atoms with Crippen LogP contribution in [0.4, 0.5) is 5.82 Å². The van der Waals surface area contributed by atoms with Crippen molar-refractivity contribution in [3.8, 4) is 16.9 Å². The lowest BCUT2D eigenvalue weighted by Gasteiger charge is -2.09. The lowest BCUT2D eigenvalue weighted by molar-refractivity contribution is 0.780. The molecule has 128 valence electrons. The maximum atomic E-state index is 6.22. The molecule has 3 aromatic rings. The Hall–Kier alpha value is -2.26. The number of hydrogen-bond acceptors (Lipinski definition) is 2. The summed E-state index contributed by atoms with van der Waals surface area (Å²) in [6, 6.07) is 16.6. The first kappa shape index (κ1) is 16.2. The molecule has 2 heterocycles. The van der Waals surface area contributed by atoms with Crippen LogP contribution in [0.15, 0.2) is 48.5 Å². The average Bonchev–Trinajstić information content (AvgIpc) is 2.83. The number of fused-ring (bicyclic) bond motifs is 1. The van der Waals surface area contributed by atoms with Gasteiger partial charge in [0, 0.05) is 22.7 Å². The second-order valence-electron chi connectivity index (χ2n) is 6.50. The van der Waals surface area contributed by atoms with E-state index in [1.807, 2.05) is 18.2 Å². The molecule has 0 bridgehead atoms. The number of hydrogen-bond donors (Lipinski definition) is 1. The molecule has 4 heteroatoms. The number of aryl methyl sites for hydroxylation is 1. The fourth-order valence-electron chi connectivity index (χ4n) is 3.43. The van der Waals surface area contributed by atoms with E-state index in [4.69, 9.17) is 16.7 Å². The molecule has 25 heavy (non-hydrogen) atoms. The van der Waals surface area contributed by atoms with Crippen LogP contribution in [-0.4, -0.2) is 16.3 Å². The summed E-state index contributed by atoms with van der Waals surface area (Å²) in [7, 11) is 0. The minimum Gasteiger partial charge on any atom is -0.370 e. The molecule has 1 aromatic heterocycles. The number of anilines is 1. The van der Waals surface area contributed by atoms with E-state index in [2.05, 4.69) is 47.3 Å². The number of nitrogens with one attached hydrogen (secondary N) is 1. The monoisotopic (exact) mass is 351 g/mol. The van der Waals surface area contributed by atoms with Crippen molar-refractivity contribution in [3.05, 3.63) is 64.7 Å². The van der Waals surface area contributed by atoms with Crippen LogP contribution in [0.2, 0.25) is 5.02 Å². The summed E-state index contributed by atoms with van der Waals surface area (Å²) in [4.78, 5) is 0. The Labute approximate surface area is 153 Å². The molecule has 0 fully saturated rings. The van der Waals surface area contributed by atoms with Crippen LogP contribution in [0.25, 0.3) is 16.9 Å². The van der Waals surface area contributed by atoms with Gasteiger partial charge in [-0.3, -0.25) is 0 Å². The lowest BCUT2D eigenvalue weighted by atomic mass is 10.0. The molecule has 0 saturated heterocycles. The van der Waals surface area contributed by atoms with Crippen molar-refractivity contribution in [2.24, 2.45) is 0 Å². The zero-order valence-electron chi connectivity index (χ0n) is 14.4. The molecule has 1 aliphatic rings. The first-order valence-electron chi connectivity index (χ1n) is 8.97. The van der Waals surface area contributed by atoms with Gasteiger partial charge in [0.1, 0.15) is 5.82 Å². The lowest BCUT2D eigenvalue weighted by Crippen LogP contribution is -2.07. The highest BCUT2D eigenvalue weighted by molar-refractivity contribution is 6.30. The summed E-state index contributed by atoms with van der Waals surface area (Å²) in [5.41, 5.74) is 5.84. The van der Waals surface area contributed by atoms with Crippen LogP contribution in [0.3, 0.4) is 0 Å². The van der Waals surface area contributed by atoms with Crippen molar-refractivity contribution < 1.29 is 0 Å². The third-order valence-corrected chi connectivity index (χ3v) is 5.05. The molecule has 0 amide bonds. The minimum atomic E-state index is 0.745. The van der Waals surface area contributed by atoms with E-state index in [0.717, 1.165) is 47.2 Å². The van der Waals surface area contributed by atoms with Crippen molar-refractivity contribution in [2.75, 3.05) is 11.9 Å². The van der Waals surface area contributed by atoms with Crippen molar-refractivity contribution in [1.82, 2.24) is 9.78 Å². The van der Waals surface area contributed by atoms with Gasteiger partial charge in [0.25, 0.3) is 0 Å². The summed E-state index contributed by atoms with van der Waals surface area (Å²) in [5.74, 6) is 1.12. The second kappa shape index (κ2) is 6.93. The molecule has 0 unspecified atom stereocenters. The third kappa shape index (κ3) is 3.16. The Balaban J connectivity index is 1.86. The molecule has 0 aliphatic carbocycles. The molecule has 0 saturated carbocycles. The maximum absolute atomic E-state index is 6.22. The number of rotatable bonds is 3. The fourth-order valence-corrected chi connectivity index (χ4v) is 3.62. The maximum Gasteiger partial charge on any atom is 0.133 e. The highest BCUT2D eigenvalue weighted by Gasteiger charge is 2.21. The van der Waals surface area contributed by atoms with Gasteiger partial charge in [0.2, 0.25) is 0 Å². The molecule has 0 radical (unpaired) electrons. The van der Waals surface area contributed by atoms with Crippen LogP contribution >= 0.6 is 11.6 Å². The van der Waals surface area contributed by atoms with Crippen LogP contribution in [0.1, 0.15) is 30.9 Å². The van der Waals surface area contributed by atoms with Gasteiger partial charge in [-0.2, -0.15) is 5.10 Å². The third-order valence-electron chi connectivity index (χ3n) is 4.82. The molecule has 1 N–H and O–H groups in total. The number of benzene rings is 2. The Morgan fingerprint density at radius 2 is 1.96 bits per heavy atom. The molecule has 3 nitrogen and oxygen atoms in total. The first-order chi connectivity index (χ1) is 12.3. The number of nitrogens with zero attached hydrogens (tertiary/aromatic N) is 2. The standard InChI is InChI=1S/C21H22ClN3/c1-2-15-9-11-18(12-10-15)25-21-19(8-3-4-13-23-21)20(24-25)16-6-5-7-17(22)14-16/h5-7,9-12,14,23H,2-4,8,13H2,1H3. The van der Waals surface area contributed by atoms with E-state index in [1.165, 1.54) is 24.0 Å². The normalized spacial score (nSPS) is 13.8. The highest BCUT2D eigenvalue weighted by Crippen LogP contribution is 2.34. The molecule has 2 aromatic carbocycles. The number of aromatic nitrogens is 2. The van der Waals surface area contributed by atoms with Gasteiger partial charge in [0.05, 0.1) is 11.4 Å². The molecular formula is C21H22ClN3. The quantitative estimate of drug-likeness (QED) is 0.674. The van der Waals surface area contributed by atoms with E-state index in [1.54, 1.807) is 0 Å². The van der Waals surface area contributed by atoms with E-state index in [-0.39, 0.29) is 0 Å². The van der Waals surface area contributed by atoms with Gasteiger partial charge in [-0.25, -0.2) is 4.68 Å². The van der Waals surface area contributed by atoms with E-state index in [0.29, 0.717) is 0 Å². The Kier molecular flexibility index (Phi) is 4.50. The van der Waals surface area contributed by atoms with E-state index in [9.17, 15) is 0 Å². The summed E-state index contributed by atoms with van der Waals surface area (Å²) < 4.78 is 2.05. The predicted molar refractivity (Wildman–Crippen MR) is 105 cm³/mol. The Morgan fingerprint density at radius 1 is 1.12 bits per heavy atom. The molecule has 0 spiro atoms. The highest BCUT2D eigenvalue weighted by atomic mass is 35.5. The largest absolute Gasteiger partial charge is 0.370 e. The zero-order chi connectivity index (χ0) is 17.2. The summed E-state index contributed by atoms with van der Waals surface area (Å²) in [6.45, 7) is 3.16. The summed E-state index contributed by atoms with van der Waals surface area (Å²) >= 11 is 6.22.